The number of hydrogen-bond acceptors (Lipinski definition) is 7. The van der Waals surface area contributed by atoms with Crippen molar-refractivity contribution in [3.63, 3.8) is 0 Å². The van der Waals surface area contributed by atoms with Gasteiger partial charge in [0, 0.05) is 28.7 Å². The molecule has 40 heavy (non-hydrogen) atoms. The zero-order valence-corrected chi connectivity index (χ0v) is 24.9. The van der Waals surface area contributed by atoms with Crippen LogP contribution in [0, 0.1) is 39.4 Å². The number of fused-ring (bicyclic) bond motifs is 5. The van der Waals surface area contributed by atoms with Crippen molar-refractivity contribution in [3.8, 4) is 0 Å². The van der Waals surface area contributed by atoms with Gasteiger partial charge in [-0.2, -0.15) is 0 Å². The first kappa shape index (κ1) is 28.6. The van der Waals surface area contributed by atoms with Crippen LogP contribution >= 0.6 is 0 Å². The lowest BCUT2D eigenvalue weighted by Gasteiger charge is -2.67. The number of carbonyl (C=O) groups excluding carboxylic acids is 4. The molecule has 5 rings (SSSR count). The second-order valence-electron chi connectivity index (χ2n) is 13.7. The molecule has 216 valence electrons. The minimum absolute atomic E-state index is 0.0537. The normalized spacial score (nSPS) is 40.4. The molecule has 4 aliphatic rings. The number of rotatable bonds is 5. The maximum absolute atomic E-state index is 13.9. The Hall–Kier alpha value is -2.96. The Labute approximate surface area is 236 Å². The van der Waals surface area contributed by atoms with E-state index in [1.807, 2.05) is 40.7 Å². The average molecular weight is 551 g/mol. The molecule has 0 aliphatic heterocycles. The molecule has 0 N–H and O–H groups in total. The molecule has 0 spiro atoms. The van der Waals surface area contributed by atoms with Gasteiger partial charge in [0.05, 0.1) is 24.4 Å². The first-order chi connectivity index (χ1) is 18.6. The Morgan fingerprint density at radius 2 is 1.68 bits per heavy atom. The molecule has 0 saturated heterocycles. The van der Waals surface area contributed by atoms with Crippen LogP contribution < -0.4 is 0 Å². The Morgan fingerprint density at radius 3 is 2.27 bits per heavy atom. The fraction of sp³-hybridized carbons (Fsp3) is 0.636. The molecule has 2 saturated carbocycles. The summed E-state index contributed by atoms with van der Waals surface area (Å²) in [5, 5.41) is 0. The number of ketones is 2. The van der Waals surface area contributed by atoms with Gasteiger partial charge in [-0.15, -0.1) is 0 Å². The molecule has 1 aromatic rings. The van der Waals surface area contributed by atoms with Crippen LogP contribution in [0.4, 0.5) is 0 Å². The summed E-state index contributed by atoms with van der Waals surface area (Å²) in [6, 6.07) is 1.79. The first-order valence-corrected chi connectivity index (χ1v) is 14.5. The van der Waals surface area contributed by atoms with E-state index in [0.717, 1.165) is 11.1 Å². The van der Waals surface area contributed by atoms with E-state index < -0.39 is 45.8 Å². The standard InChI is InChI=1S/C33H42O7/c1-9-18(2)29(37)40-26-15-22-30(4,5)25(36)10-12-31(22,6)23-16-27(39-19(3)34)33(8)24(32(23,26)7)14-21(35)28(33)20-11-13-38-17-20/h10-14,17-18,22-23,26-28H,9,15-16H2,1-8H3. The minimum Gasteiger partial charge on any atom is -0.472 e. The highest BCUT2D eigenvalue weighted by molar-refractivity contribution is 6.01. The van der Waals surface area contributed by atoms with Crippen molar-refractivity contribution in [2.75, 3.05) is 0 Å². The van der Waals surface area contributed by atoms with Crippen molar-refractivity contribution in [2.24, 2.45) is 39.4 Å². The predicted octanol–water partition coefficient (Wildman–Crippen LogP) is 5.99. The van der Waals surface area contributed by atoms with Crippen LogP contribution in [0.3, 0.4) is 0 Å². The molecular weight excluding hydrogens is 508 g/mol. The van der Waals surface area contributed by atoms with Crippen molar-refractivity contribution in [2.45, 2.75) is 92.8 Å². The quantitative estimate of drug-likeness (QED) is 0.416. The van der Waals surface area contributed by atoms with Gasteiger partial charge >= 0.3 is 11.9 Å². The van der Waals surface area contributed by atoms with E-state index in [2.05, 4.69) is 13.8 Å². The third kappa shape index (κ3) is 3.75. The van der Waals surface area contributed by atoms with E-state index in [4.69, 9.17) is 13.9 Å². The van der Waals surface area contributed by atoms with Gasteiger partial charge in [-0.3, -0.25) is 19.2 Å². The van der Waals surface area contributed by atoms with Gasteiger partial charge in [0.25, 0.3) is 0 Å². The Bertz CT molecular complexity index is 1300. The van der Waals surface area contributed by atoms with Crippen LogP contribution in [0.5, 0.6) is 0 Å². The first-order valence-electron chi connectivity index (χ1n) is 14.5. The molecule has 0 bridgehead atoms. The lowest BCUT2D eigenvalue weighted by Crippen LogP contribution is -2.67. The second kappa shape index (κ2) is 9.28. The zero-order valence-electron chi connectivity index (χ0n) is 24.9. The summed E-state index contributed by atoms with van der Waals surface area (Å²) in [4.78, 5) is 52.9. The van der Waals surface area contributed by atoms with Crippen molar-refractivity contribution in [1.29, 1.82) is 0 Å². The SMILES string of the molecule is CCC(C)C(=O)OC1CC2C(C)(C)C(=O)C=CC2(C)C2CC(OC(C)=O)C3(C)C(=CC(=O)C3c3ccoc3)C12C. The highest BCUT2D eigenvalue weighted by Crippen LogP contribution is 2.73. The largest absolute Gasteiger partial charge is 0.472 e. The van der Waals surface area contributed by atoms with Crippen LogP contribution in [0.15, 0.2) is 46.8 Å². The Morgan fingerprint density at radius 1 is 1.02 bits per heavy atom. The lowest BCUT2D eigenvalue weighted by molar-refractivity contribution is -0.206. The fourth-order valence-electron chi connectivity index (χ4n) is 8.93. The minimum atomic E-state index is -0.869. The summed E-state index contributed by atoms with van der Waals surface area (Å²) in [5.74, 6) is -1.87. The Kier molecular flexibility index (Phi) is 6.63. The maximum Gasteiger partial charge on any atom is 0.308 e. The van der Waals surface area contributed by atoms with Crippen molar-refractivity contribution in [1.82, 2.24) is 0 Å². The van der Waals surface area contributed by atoms with Crippen molar-refractivity contribution < 1.29 is 33.1 Å². The average Bonchev–Trinajstić information content (AvgIpc) is 3.50. The van der Waals surface area contributed by atoms with E-state index >= 15 is 0 Å². The molecular formula is C33H42O7. The second-order valence-corrected chi connectivity index (χ2v) is 13.7. The predicted molar refractivity (Wildman–Crippen MR) is 148 cm³/mol. The Balaban J connectivity index is 1.74. The summed E-state index contributed by atoms with van der Waals surface area (Å²) in [6.07, 6.45) is 9.01. The third-order valence-corrected chi connectivity index (χ3v) is 11.4. The summed E-state index contributed by atoms with van der Waals surface area (Å²) in [6.45, 7) is 15.5. The van der Waals surface area contributed by atoms with E-state index in [9.17, 15) is 19.2 Å². The van der Waals surface area contributed by atoms with Gasteiger partial charge in [-0.1, -0.05) is 54.5 Å². The van der Waals surface area contributed by atoms with Crippen molar-refractivity contribution >= 4 is 23.5 Å². The van der Waals surface area contributed by atoms with Crippen LogP contribution in [-0.2, 0) is 28.7 Å². The van der Waals surface area contributed by atoms with Crippen molar-refractivity contribution in [3.05, 3.63) is 48.0 Å². The molecule has 1 aromatic heterocycles. The summed E-state index contributed by atoms with van der Waals surface area (Å²) in [7, 11) is 0. The van der Waals surface area contributed by atoms with E-state index in [1.165, 1.54) is 6.92 Å². The molecule has 7 heteroatoms. The molecule has 9 unspecified atom stereocenters. The molecule has 0 amide bonds. The van der Waals surface area contributed by atoms with E-state index in [-0.39, 0.29) is 35.3 Å². The zero-order chi connectivity index (χ0) is 29.4. The number of allylic oxidation sites excluding steroid dienone is 3. The molecule has 1 heterocycles. The van der Waals surface area contributed by atoms with Crippen LogP contribution in [0.2, 0.25) is 0 Å². The van der Waals surface area contributed by atoms with Gasteiger partial charge in [-0.25, -0.2) is 0 Å². The summed E-state index contributed by atoms with van der Waals surface area (Å²) < 4.78 is 17.9. The monoisotopic (exact) mass is 550 g/mol. The number of carbonyl (C=O) groups is 4. The summed E-state index contributed by atoms with van der Waals surface area (Å²) >= 11 is 0. The third-order valence-electron chi connectivity index (χ3n) is 11.4. The van der Waals surface area contributed by atoms with Gasteiger partial charge in [-0.05, 0) is 60.3 Å². The lowest BCUT2D eigenvalue weighted by atomic mass is 9.38. The van der Waals surface area contributed by atoms with Crippen LogP contribution in [-0.4, -0.2) is 35.7 Å². The molecule has 2 fully saturated rings. The van der Waals surface area contributed by atoms with Gasteiger partial charge in [0.15, 0.2) is 11.6 Å². The molecule has 7 nitrogen and oxygen atoms in total. The van der Waals surface area contributed by atoms with Crippen LogP contribution in [0.25, 0.3) is 0 Å². The fourth-order valence-corrected chi connectivity index (χ4v) is 8.93. The van der Waals surface area contributed by atoms with E-state index in [0.29, 0.717) is 19.3 Å². The van der Waals surface area contributed by atoms with Gasteiger partial charge < -0.3 is 13.9 Å². The number of esters is 2. The highest BCUT2D eigenvalue weighted by Gasteiger charge is 2.72. The summed E-state index contributed by atoms with van der Waals surface area (Å²) in [5.41, 5.74) is -1.18. The highest BCUT2D eigenvalue weighted by atomic mass is 16.6. The molecule has 0 radical (unpaired) electrons. The topological polar surface area (TPSA) is 99.9 Å². The van der Waals surface area contributed by atoms with Gasteiger partial charge in [0.1, 0.15) is 12.2 Å². The number of hydrogen-bond donors (Lipinski definition) is 0. The smallest absolute Gasteiger partial charge is 0.308 e. The number of furan rings is 1. The van der Waals surface area contributed by atoms with E-state index in [1.54, 1.807) is 30.7 Å². The molecule has 4 aliphatic carbocycles. The van der Waals surface area contributed by atoms with Gasteiger partial charge in [0.2, 0.25) is 0 Å². The number of ether oxygens (including phenoxy) is 2. The molecule has 0 aromatic carbocycles. The molecule has 9 atom stereocenters. The van der Waals surface area contributed by atoms with Crippen LogP contribution in [0.1, 0.15) is 86.1 Å². The maximum atomic E-state index is 13.9.